The van der Waals surface area contributed by atoms with Crippen molar-refractivity contribution in [3.05, 3.63) is 63.1 Å². The molecule has 126 valence electrons. The first kappa shape index (κ1) is 16.2. The Morgan fingerprint density at radius 3 is 2.71 bits per heavy atom. The molecule has 1 N–H and O–H groups in total. The highest BCUT2D eigenvalue weighted by Crippen LogP contribution is 2.25. The highest BCUT2D eigenvalue weighted by Gasteiger charge is 2.25. The van der Waals surface area contributed by atoms with E-state index >= 15 is 0 Å². The molecule has 0 spiro atoms. The molecule has 7 heteroatoms. The number of aromatic nitrogens is 1. The molecule has 0 saturated carbocycles. The molecule has 1 aliphatic heterocycles. The minimum atomic E-state index is -0.725. The van der Waals surface area contributed by atoms with E-state index < -0.39 is 17.5 Å². The Balaban J connectivity index is 1.91. The maximum absolute atomic E-state index is 13.7. The molecular weight excluding hydrogens is 318 g/mol. The normalized spacial score (nSPS) is 12.8. The lowest BCUT2D eigenvalue weighted by Gasteiger charge is -2.14. The maximum Gasteiger partial charge on any atom is 0.257 e. The van der Waals surface area contributed by atoms with E-state index in [0.717, 1.165) is 18.6 Å². The summed E-state index contributed by atoms with van der Waals surface area (Å²) in [6.07, 6.45) is 1.33. The van der Waals surface area contributed by atoms with E-state index in [1.54, 1.807) is 0 Å². The minimum Gasteiger partial charge on any atom is -0.496 e. The van der Waals surface area contributed by atoms with Crippen LogP contribution in [0, 0.1) is 11.6 Å². The van der Waals surface area contributed by atoms with Gasteiger partial charge in [-0.2, -0.15) is 0 Å². The van der Waals surface area contributed by atoms with Crippen molar-refractivity contribution in [3.63, 3.8) is 0 Å². The molecule has 1 aromatic heterocycles. The van der Waals surface area contributed by atoms with Crippen LogP contribution in [0.3, 0.4) is 0 Å². The van der Waals surface area contributed by atoms with E-state index in [2.05, 4.69) is 5.32 Å². The average Bonchev–Trinajstić information content (AvgIpc) is 3.04. The number of halogens is 2. The third-order valence-corrected chi connectivity index (χ3v) is 4.11. The number of fused-ring (bicyclic) bond motifs is 1. The Kier molecular flexibility index (Phi) is 4.33. The zero-order valence-electron chi connectivity index (χ0n) is 13.1. The second-order valence-electron chi connectivity index (χ2n) is 5.51. The number of ether oxygens (including phenoxy) is 1. The van der Waals surface area contributed by atoms with Crippen LogP contribution in [0.1, 0.15) is 28.0 Å². The second-order valence-corrected chi connectivity index (χ2v) is 5.51. The van der Waals surface area contributed by atoms with E-state index in [4.69, 9.17) is 4.74 Å². The van der Waals surface area contributed by atoms with Crippen LogP contribution in [0.2, 0.25) is 0 Å². The standard InChI is InChI=1S/C17H16F2N2O3/c1-24-14-8-15(22)21-7-3-6-13(21)16(14)17(23)20-9-10-11(18)4-2-5-12(10)19/h2,4-5,8H,3,6-7,9H2,1H3,(H,20,23). The predicted octanol–water partition coefficient (Wildman–Crippen LogP) is 2.01. The molecule has 0 radical (unpaired) electrons. The molecular formula is C17H16F2N2O3. The number of nitrogens with one attached hydrogen (secondary N) is 1. The number of hydrogen-bond donors (Lipinski definition) is 1. The molecule has 0 fully saturated rings. The largest absolute Gasteiger partial charge is 0.496 e. The number of nitrogens with zero attached hydrogens (tertiary/aromatic N) is 1. The fraction of sp³-hybridized carbons (Fsp3) is 0.294. The predicted molar refractivity (Wildman–Crippen MR) is 83.1 cm³/mol. The van der Waals surface area contributed by atoms with E-state index in [0.29, 0.717) is 18.7 Å². The van der Waals surface area contributed by atoms with Gasteiger partial charge in [-0.25, -0.2) is 8.78 Å². The summed E-state index contributed by atoms with van der Waals surface area (Å²) in [7, 11) is 1.37. The lowest BCUT2D eigenvalue weighted by Crippen LogP contribution is -2.29. The molecule has 2 aromatic rings. The van der Waals surface area contributed by atoms with Gasteiger partial charge in [-0.05, 0) is 25.0 Å². The minimum absolute atomic E-state index is 0.166. The second kappa shape index (κ2) is 6.43. The molecule has 0 unspecified atom stereocenters. The molecule has 3 rings (SSSR count). The van der Waals surface area contributed by atoms with Crippen molar-refractivity contribution in [2.75, 3.05) is 7.11 Å². The Hall–Kier alpha value is -2.70. The van der Waals surface area contributed by atoms with Crippen LogP contribution in [0.25, 0.3) is 0 Å². The Bertz CT molecular complexity index is 841. The first-order valence-corrected chi connectivity index (χ1v) is 7.54. The highest BCUT2D eigenvalue weighted by molar-refractivity contribution is 5.98. The number of hydrogen-bond acceptors (Lipinski definition) is 3. The molecule has 24 heavy (non-hydrogen) atoms. The summed E-state index contributed by atoms with van der Waals surface area (Å²) in [5, 5.41) is 2.51. The molecule has 0 saturated heterocycles. The van der Waals surface area contributed by atoms with Crippen molar-refractivity contribution in [2.24, 2.45) is 0 Å². The van der Waals surface area contributed by atoms with Crippen molar-refractivity contribution >= 4 is 5.91 Å². The zero-order chi connectivity index (χ0) is 17.3. The highest BCUT2D eigenvalue weighted by atomic mass is 19.1. The number of carbonyl (C=O) groups is 1. The summed E-state index contributed by atoms with van der Waals surface area (Å²) in [4.78, 5) is 24.5. The quantitative estimate of drug-likeness (QED) is 0.930. The number of pyridine rings is 1. The van der Waals surface area contributed by atoms with Crippen LogP contribution >= 0.6 is 0 Å². The van der Waals surface area contributed by atoms with Gasteiger partial charge in [0.1, 0.15) is 22.9 Å². The summed E-state index contributed by atoms with van der Waals surface area (Å²) < 4.78 is 34.0. The molecule has 1 aromatic carbocycles. The summed E-state index contributed by atoms with van der Waals surface area (Å²) in [5.41, 5.74) is 0.391. The fourth-order valence-corrected chi connectivity index (χ4v) is 2.94. The third kappa shape index (κ3) is 2.77. The number of benzene rings is 1. The van der Waals surface area contributed by atoms with Crippen LogP contribution in [0.15, 0.2) is 29.1 Å². The summed E-state index contributed by atoms with van der Waals surface area (Å²) in [6, 6.07) is 4.78. The fourth-order valence-electron chi connectivity index (χ4n) is 2.94. The van der Waals surface area contributed by atoms with E-state index in [1.165, 1.54) is 23.8 Å². The maximum atomic E-state index is 13.7. The molecule has 2 heterocycles. The Morgan fingerprint density at radius 1 is 1.33 bits per heavy atom. The number of methoxy groups -OCH3 is 1. The van der Waals surface area contributed by atoms with Gasteiger partial charge in [0.05, 0.1) is 7.11 Å². The van der Waals surface area contributed by atoms with Gasteiger partial charge in [0.2, 0.25) is 0 Å². The average molecular weight is 334 g/mol. The van der Waals surface area contributed by atoms with Gasteiger partial charge < -0.3 is 14.6 Å². The zero-order valence-corrected chi connectivity index (χ0v) is 13.1. The van der Waals surface area contributed by atoms with Crippen molar-refractivity contribution < 1.29 is 18.3 Å². The first-order valence-electron chi connectivity index (χ1n) is 7.54. The van der Waals surface area contributed by atoms with Crippen LogP contribution in [-0.2, 0) is 19.5 Å². The van der Waals surface area contributed by atoms with Gasteiger partial charge in [-0.1, -0.05) is 6.07 Å². The van der Waals surface area contributed by atoms with Crippen molar-refractivity contribution in [1.29, 1.82) is 0 Å². The number of amides is 1. The van der Waals surface area contributed by atoms with Gasteiger partial charge in [0.25, 0.3) is 11.5 Å². The summed E-state index contributed by atoms with van der Waals surface area (Å²) >= 11 is 0. The SMILES string of the molecule is COc1cc(=O)n2c(c1C(=O)NCc1c(F)cccc1F)CCC2. The first-order chi connectivity index (χ1) is 11.5. The van der Waals surface area contributed by atoms with Crippen LogP contribution in [0.4, 0.5) is 8.78 Å². The smallest absolute Gasteiger partial charge is 0.257 e. The van der Waals surface area contributed by atoms with E-state index in [9.17, 15) is 18.4 Å². The molecule has 1 aliphatic rings. The lowest BCUT2D eigenvalue weighted by molar-refractivity contribution is 0.0945. The Labute approximate surface area is 136 Å². The van der Waals surface area contributed by atoms with Crippen molar-refractivity contribution in [1.82, 2.24) is 9.88 Å². The number of carbonyl (C=O) groups excluding carboxylic acids is 1. The van der Waals surface area contributed by atoms with Crippen LogP contribution < -0.4 is 15.6 Å². The molecule has 1 amide bonds. The molecule has 0 atom stereocenters. The molecule has 0 aliphatic carbocycles. The van der Waals surface area contributed by atoms with Gasteiger partial charge in [-0.3, -0.25) is 9.59 Å². The number of rotatable bonds is 4. The molecule has 0 bridgehead atoms. The van der Waals surface area contributed by atoms with Gasteiger partial charge >= 0.3 is 0 Å². The summed E-state index contributed by atoms with van der Waals surface area (Å²) in [6.45, 7) is 0.249. The topological polar surface area (TPSA) is 60.3 Å². The Morgan fingerprint density at radius 2 is 2.04 bits per heavy atom. The van der Waals surface area contributed by atoms with Gasteiger partial charge in [0, 0.05) is 30.4 Å². The van der Waals surface area contributed by atoms with Gasteiger partial charge in [0.15, 0.2) is 0 Å². The van der Waals surface area contributed by atoms with Crippen molar-refractivity contribution in [2.45, 2.75) is 25.9 Å². The monoisotopic (exact) mass is 334 g/mol. The van der Waals surface area contributed by atoms with Crippen LogP contribution in [0.5, 0.6) is 5.75 Å². The third-order valence-electron chi connectivity index (χ3n) is 4.11. The summed E-state index contributed by atoms with van der Waals surface area (Å²) in [5.74, 6) is -1.81. The molecule has 5 nitrogen and oxygen atoms in total. The van der Waals surface area contributed by atoms with Crippen molar-refractivity contribution in [3.8, 4) is 5.75 Å². The van der Waals surface area contributed by atoms with E-state index in [1.807, 2.05) is 0 Å². The lowest BCUT2D eigenvalue weighted by atomic mass is 10.1. The van der Waals surface area contributed by atoms with Gasteiger partial charge in [-0.15, -0.1) is 0 Å². The van der Waals surface area contributed by atoms with E-state index in [-0.39, 0.29) is 29.0 Å². The van der Waals surface area contributed by atoms with Crippen LogP contribution in [-0.4, -0.2) is 17.6 Å².